The Kier molecular flexibility index (Phi) is 8.40. The van der Waals surface area contributed by atoms with Gasteiger partial charge in [-0.1, -0.05) is 63.2 Å². The molecule has 3 rings (SSSR count). The number of anilines is 1. The van der Waals surface area contributed by atoms with Crippen LogP contribution in [-0.4, -0.2) is 40.3 Å². The molecule has 3 aromatic carbocycles. The Labute approximate surface area is 207 Å². The SMILES string of the molecule is CC(C)(C)c1ccc(OCCNC(=O)CN(c2ccccc2Oc2ccccc2)S(C)(=O)=O)cc1. The van der Waals surface area contributed by atoms with Crippen molar-refractivity contribution < 1.29 is 22.7 Å². The predicted molar refractivity (Wildman–Crippen MR) is 139 cm³/mol. The zero-order valence-electron chi connectivity index (χ0n) is 20.5. The number of ether oxygens (including phenoxy) is 2. The minimum Gasteiger partial charge on any atom is -0.492 e. The molecule has 1 amide bonds. The van der Waals surface area contributed by atoms with Gasteiger partial charge in [0.1, 0.15) is 24.7 Å². The molecule has 0 aliphatic carbocycles. The van der Waals surface area contributed by atoms with Crippen LogP contribution in [0.4, 0.5) is 5.69 Å². The monoisotopic (exact) mass is 496 g/mol. The third-order valence-corrected chi connectivity index (χ3v) is 6.33. The quantitative estimate of drug-likeness (QED) is 0.410. The van der Waals surface area contributed by atoms with E-state index in [-0.39, 0.29) is 30.8 Å². The first kappa shape index (κ1) is 26.1. The van der Waals surface area contributed by atoms with E-state index in [1.54, 1.807) is 36.4 Å². The van der Waals surface area contributed by atoms with Gasteiger partial charge in [-0.3, -0.25) is 9.10 Å². The van der Waals surface area contributed by atoms with Crippen LogP contribution in [0.15, 0.2) is 78.9 Å². The second-order valence-electron chi connectivity index (χ2n) is 9.13. The van der Waals surface area contributed by atoms with Crippen LogP contribution in [0.25, 0.3) is 0 Å². The van der Waals surface area contributed by atoms with Crippen molar-refractivity contribution in [3.63, 3.8) is 0 Å². The van der Waals surface area contributed by atoms with Gasteiger partial charge in [0, 0.05) is 0 Å². The zero-order valence-corrected chi connectivity index (χ0v) is 21.3. The summed E-state index contributed by atoms with van der Waals surface area (Å²) < 4.78 is 37.7. The molecule has 0 saturated heterocycles. The molecule has 0 atom stereocenters. The summed E-state index contributed by atoms with van der Waals surface area (Å²) in [7, 11) is -3.76. The van der Waals surface area contributed by atoms with E-state index in [1.807, 2.05) is 42.5 Å². The Morgan fingerprint density at radius 2 is 1.51 bits per heavy atom. The number of nitrogens with zero attached hydrogens (tertiary/aromatic N) is 1. The molecule has 0 aromatic heterocycles. The lowest BCUT2D eigenvalue weighted by Crippen LogP contribution is -2.41. The molecule has 0 spiro atoms. The molecule has 0 fully saturated rings. The lowest BCUT2D eigenvalue weighted by molar-refractivity contribution is -0.119. The Hall–Kier alpha value is -3.52. The highest BCUT2D eigenvalue weighted by Gasteiger charge is 2.24. The van der Waals surface area contributed by atoms with Crippen LogP contribution in [0.5, 0.6) is 17.2 Å². The Morgan fingerprint density at radius 1 is 0.886 bits per heavy atom. The highest BCUT2D eigenvalue weighted by molar-refractivity contribution is 7.92. The van der Waals surface area contributed by atoms with Crippen LogP contribution in [0.2, 0.25) is 0 Å². The second kappa shape index (κ2) is 11.3. The molecule has 7 nitrogen and oxygen atoms in total. The highest BCUT2D eigenvalue weighted by atomic mass is 32.2. The van der Waals surface area contributed by atoms with Crippen LogP contribution in [-0.2, 0) is 20.2 Å². The standard InChI is InChI=1S/C27H32N2O5S/c1-27(2,3)21-14-16-22(17-15-21)33-19-18-28-26(30)20-29(35(4,31)32)24-12-8-9-13-25(24)34-23-10-6-5-7-11-23/h5-17H,18-20H2,1-4H3,(H,28,30). The fourth-order valence-corrected chi connectivity index (χ4v) is 4.20. The summed E-state index contributed by atoms with van der Waals surface area (Å²) in [5.41, 5.74) is 1.54. The largest absolute Gasteiger partial charge is 0.492 e. The average Bonchev–Trinajstić information content (AvgIpc) is 2.80. The number of benzene rings is 3. The normalized spacial score (nSPS) is 11.5. The van der Waals surface area contributed by atoms with Crippen molar-refractivity contribution in [2.24, 2.45) is 0 Å². The van der Waals surface area contributed by atoms with Crippen LogP contribution in [0, 0.1) is 0 Å². The van der Waals surface area contributed by atoms with Crippen LogP contribution in [0.3, 0.4) is 0 Å². The molecule has 8 heteroatoms. The molecule has 3 aromatic rings. The van der Waals surface area contributed by atoms with Crippen molar-refractivity contribution in [3.05, 3.63) is 84.4 Å². The van der Waals surface area contributed by atoms with Gasteiger partial charge in [-0.2, -0.15) is 0 Å². The topological polar surface area (TPSA) is 84.9 Å². The van der Waals surface area contributed by atoms with Gasteiger partial charge in [-0.25, -0.2) is 8.42 Å². The van der Waals surface area contributed by atoms with Gasteiger partial charge in [0.05, 0.1) is 18.5 Å². The van der Waals surface area contributed by atoms with Crippen molar-refractivity contribution in [1.82, 2.24) is 5.32 Å². The number of nitrogens with one attached hydrogen (secondary N) is 1. The van der Waals surface area contributed by atoms with E-state index in [1.165, 1.54) is 5.56 Å². The van der Waals surface area contributed by atoms with Crippen molar-refractivity contribution in [1.29, 1.82) is 0 Å². The molecule has 0 unspecified atom stereocenters. The molecule has 35 heavy (non-hydrogen) atoms. The maximum absolute atomic E-state index is 12.6. The van der Waals surface area contributed by atoms with E-state index in [2.05, 4.69) is 26.1 Å². The predicted octanol–water partition coefficient (Wildman–Crippen LogP) is 4.74. The van der Waals surface area contributed by atoms with Crippen LogP contribution in [0.1, 0.15) is 26.3 Å². The third kappa shape index (κ3) is 7.75. The number of carbonyl (C=O) groups is 1. The van der Waals surface area contributed by atoms with Gasteiger partial charge in [0.25, 0.3) is 0 Å². The van der Waals surface area contributed by atoms with E-state index in [0.717, 1.165) is 10.6 Å². The van der Waals surface area contributed by atoms with Crippen molar-refractivity contribution in [3.8, 4) is 17.2 Å². The maximum atomic E-state index is 12.6. The zero-order chi connectivity index (χ0) is 25.5. The molecule has 0 radical (unpaired) electrons. The number of sulfonamides is 1. The average molecular weight is 497 g/mol. The van der Waals surface area contributed by atoms with Gasteiger partial charge in [0.15, 0.2) is 5.75 Å². The van der Waals surface area contributed by atoms with E-state index in [9.17, 15) is 13.2 Å². The number of amides is 1. The summed E-state index contributed by atoms with van der Waals surface area (Å²) in [5, 5.41) is 2.72. The van der Waals surface area contributed by atoms with Crippen molar-refractivity contribution >= 4 is 21.6 Å². The Balaban J connectivity index is 1.60. The molecule has 0 aliphatic heterocycles. The molecule has 1 N–H and O–H groups in total. The van der Waals surface area contributed by atoms with E-state index >= 15 is 0 Å². The minimum atomic E-state index is -3.76. The molecular weight excluding hydrogens is 464 g/mol. The molecule has 0 heterocycles. The summed E-state index contributed by atoms with van der Waals surface area (Å²) in [4.78, 5) is 12.6. The number of hydrogen-bond acceptors (Lipinski definition) is 5. The van der Waals surface area contributed by atoms with Crippen molar-refractivity contribution in [2.75, 3.05) is 30.3 Å². The molecule has 0 aliphatic rings. The third-order valence-electron chi connectivity index (χ3n) is 5.21. The Morgan fingerprint density at radius 3 is 2.14 bits per heavy atom. The first-order valence-corrected chi connectivity index (χ1v) is 13.2. The first-order chi connectivity index (χ1) is 16.5. The smallest absolute Gasteiger partial charge is 0.240 e. The van der Waals surface area contributed by atoms with Gasteiger partial charge in [0.2, 0.25) is 15.9 Å². The molecular formula is C27H32N2O5S. The maximum Gasteiger partial charge on any atom is 0.240 e. The fourth-order valence-electron chi connectivity index (χ4n) is 3.34. The lowest BCUT2D eigenvalue weighted by Gasteiger charge is -2.24. The molecule has 0 saturated carbocycles. The minimum absolute atomic E-state index is 0.0583. The van der Waals surface area contributed by atoms with Crippen molar-refractivity contribution in [2.45, 2.75) is 26.2 Å². The van der Waals surface area contributed by atoms with E-state index in [4.69, 9.17) is 9.47 Å². The molecule has 0 bridgehead atoms. The Bertz CT molecular complexity index is 1220. The van der Waals surface area contributed by atoms with E-state index < -0.39 is 15.9 Å². The summed E-state index contributed by atoms with van der Waals surface area (Å²) in [6, 6.07) is 23.6. The summed E-state index contributed by atoms with van der Waals surface area (Å²) in [5.74, 6) is 1.15. The number of rotatable bonds is 10. The van der Waals surface area contributed by atoms with Gasteiger partial charge in [-0.15, -0.1) is 0 Å². The lowest BCUT2D eigenvalue weighted by atomic mass is 9.87. The summed E-state index contributed by atoms with van der Waals surface area (Å²) in [6.07, 6.45) is 1.06. The number of carbonyl (C=O) groups excluding carboxylic acids is 1. The summed E-state index contributed by atoms with van der Waals surface area (Å²) in [6.45, 7) is 6.54. The fraction of sp³-hybridized carbons (Fsp3) is 0.296. The number of para-hydroxylation sites is 3. The first-order valence-electron chi connectivity index (χ1n) is 11.3. The second-order valence-corrected chi connectivity index (χ2v) is 11.0. The van der Waals surface area contributed by atoms with Gasteiger partial charge in [-0.05, 0) is 47.4 Å². The molecule has 186 valence electrons. The highest BCUT2D eigenvalue weighted by Crippen LogP contribution is 2.33. The van der Waals surface area contributed by atoms with Crippen LogP contribution >= 0.6 is 0 Å². The summed E-state index contributed by atoms with van der Waals surface area (Å²) >= 11 is 0. The van der Waals surface area contributed by atoms with Gasteiger partial charge >= 0.3 is 0 Å². The van der Waals surface area contributed by atoms with E-state index in [0.29, 0.717) is 17.2 Å². The number of hydrogen-bond donors (Lipinski definition) is 1. The van der Waals surface area contributed by atoms with Gasteiger partial charge < -0.3 is 14.8 Å². The van der Waals surface area contributed by atoms with Crippen LogP contribution < -0.4 is 19.1 Å².